The number of para-hydroxylation sites is 1. The van der Waals surface area contributed by atoms with E-state index in [2.05, 4.69) is 10.3 Å². The summed E-state index contributed by atoms with van der Waals surface area (Å²) in [5.74, 6) is -1.57. The zero-order valence-corrected chi connectivity index (χ0v) is 24.4. The molecule has 1 unspecified atom stereocenters. The van der Waals surface area contributed by atoms with Crippen molar-refractivity contribution >= 4 is 34.6 Å². The fraction of sp³-hybridized carbons (Fsp3) is 0.438. The molecule has 3 aromatic rings. The third-order valence-electron chi connectivity index (χ3n) is 7.36. The van der Waals surface area contributed by atoms with Gasteiger partial charge in [-0.2, -0.15) is 0 Å². The summed E-state index contributed by atoms with van der Waals surface area (Å²) in [5, 5.41) is 12.5. The van der Waals surface area contributed by atoms with Gasteiger partial charge in [0.15, 0.2) is 6.04 Å². The second-order valence-corrected chi connectivity index (χ2v) is 11.7. The van der Waals surface area contributed by atoms with E-state index < -0.39 is 35.5 Å². The molecule has 10 heteroatoms. The van der Waals surface area contributed by atoms with Gasteiger partial charge in [-0.3, -0.25) is 19.6 Å². The van der Waals surface area contributed by atoms with Gasteiger partial charge in [-0.05, 0) is 50.8 Å². The van der Waals surface area contributed by atoms with Gasteiger partial charge in [-0.15, -0.1) is 0 Å². The van der Waals surface area contributed by atoms with Crippen molar-refractivity contribution in [2.45, 2.75) is 89.9 Å². The largest absolute Gasteiger partial charge is 0.458 e. The maximum absolute atomic E-state index is 14.0. The monoisotopic (exact) mass is 576 g/mol. The average Bonchev–Trinajstić information content (AvgIpc) is 3.33. The van der Waals surface area contributed by atoms with Crippen LogP contribution in [0.25, 0.3) is 10.9 Å². The Labute approximate surface area is 245 Å². The van der Waals surface area contributed by atoms with Gasteiger partial charge in [-0.25, -0.2) is 10.3 Å². The molecule has 4 N–H and O–H groups in total. The predicted octanol–water partition coefficient (Wildman–Crippen LogP) is 4.47. The first kappa shape index (κ1) is 30.8. The summed E-state index contributed by atoms with van der Waals surface area (Å²) in [6.45, 7) is 5.57. The highest BCUT2D eigenvalue weighted by molar-refractivity contribution is 5.93. The highest BCUT2D eigenvalue weighted by Crippen LogP contribution is 2.31. The number of carbonyl (C=O) groups is 4. The zero-order valence-electron chi connectivity index (χ0n) is 24.4. The molecule has 1 aliphatic rings. The fourth-order valence-electron chi connectivity index (χ4n) is 5.34. The first-order chi connectivity index (χ1) is 20.1. The normalized spacial score (nSPS) is 15.5. The molecule has 0 fully saturated rings. The van der Waals surface area contributed by atoms with Crippen LogP contribution in [-0.4, -0.2) is 50.4 Å². The number of unbranched alkanes of at least 4 members (excludes halogenated alkanes) is 3. The number of hydrogen-bond donors (Lipinski definition) is 4. The van der Waals surface area contributed by atoms with Gasteiger partial charge < -0.3 is 19.9 Å². The first-order valence-corrected chi connectivity index (χ1v) is 14.5. The molecular weight excluding hydrogens is 536 g/mol. The molecule has 1 aliphatic heterocycles. The number of hydrogen-bond acceptors (Lipinski definition) is 6. The number of carbonyl (C=O) groups excluding carboxylic acids is 4. The molecular formula is C32H40N4O6. The third-order valence-corrected chi connectivity index (χ3v) is 7.36. The Morgan fingerprint density at radius 3 is 2.33 bits per heavy atom. The minimum absolute atomic E-state index is 0.152. The summed E-state index contributed by atoms with van der Waals surface area (Å²) in [4.78, 5) is 57.0. The molecule has 0 spiro atoms. The summed E-state index contributed by atoms with van der Waals surface area (Å²) < 4.78 is 5.65. The number of hydroxylamine groups is 1. The van der Waals surface area contributed by atoms with Crippen LogP contribution in [0.5, 0.6) is 0 Å². The maximum Gasteiger partial charge on any atom is 0.333 e. The molecule has 0 bridgehead atoms. The molecule has 224 valence electrons. The van der Waals surface area contributed by atoms with Crippen molar-refractivity contribution in [1.82, 2.24) is 20.7 Å². The minimum atomic E-state index is -1.03. The maximum atomic E-state index is 14.0. The van der Waals surface area contributed by atoms with Gasteiger partial charge in [0.1, 0.15) is 11.6 Å². The van der Waals surface area contributed by atoms with Crippen molar-refractivity contribution in [3.63, 3.8) is 0 Å². The van der Waals surface area contributed by atoms with Crippen molar-refractivity contribution in [1.29, 1.82) is 0 Å². The first-order valence-electron chi connectivity index (χ1n) is 14.5. The molecule has 42 heavy (non-hydrogen) atoms. The minimum Gasteiger partial charge on any atom is -0.458 e. The number of rotatable bonds is 11. The smallest absolute Gasteiger partial charge is 0.333 e. The molecule has 2 atom stereocenters. The molecule has 4 rings (SSSR count). The summed E-state index contributed by atoms with van der Waals surface area (Å²) >= 11 is 0. The second kappa shape index (κ2) is 13.7. The van der Waals surface area contributed by atoms with Gasteiger partial charge in [-0.1, -0.05) is 61.4 Å². The molecule has 0 saturated heterocycles. The number of fused-ring (bicyclic) bond motifs is 3. The van der Waals surface area contributed by atoms with Gasteiger partial charge in [0.05, 0.1) is 6.54 Å². The summed E-state index contributed by atoms with van der Waals surface area (Å²) in [6.07, 6.45) is 3.48. The van der Waals surface area contributed by atoms with Gasteiger partial charge in [0.2, 0.25) is 17.7 Å². The van der Waals surface area contributed by atoms with Crippen molar-refractivity contribution in [2.75, 3.05) is 0 Å². The number of benzene rings is 2. The lowest BCUT2D eigenvalue weighted by Gasteiger charge is -2.36. The van der Waals surface area contributed by atoms with E-state index in [0.717, 1.165) is 35.0 Å². The fourth-order valence-corrected chi connectivity index (χ4v) is 5.34. The number of ether oxygens (including phenoxy) is 1. The number of nitrogens with zero attached hydrogens (tertiary/aromatic N) is 1. The van der Waals surface area contributed by atoms with E-state index >= 15 is 0 Å². The molecule has 0 radical (unpaired) electrons. The SMILES string of the molecule is CC(C)(C)OC(=O)[C@@H](NC(=O)C1Cc2c([nH]c3ccccc23)CN1C(=O)CCCCCCC(=O)NO)c1ccccc1. The van der Waals surface area contributed by atoms with Crippen LogP contribution >= 0.6 is 0 Å². The molecule has 3 amide bonds. The predicted molar refractivity (Wildman–Crippen MR) is 157 cm³/mol. The van der Waals surface area contributed by atoms with Crippen LogP contribution in [0.3, 0.4) is 0 Å². The van der Waals surface area contributed by atoms with E-state index in [-0.39, 0.29) is 25.3 Å². The summed E-state index contributed by atoms with van der Waals surface area (Å²) in [7, 11) is 0. The standard InChI is InChI=1S/C32H40N4O6/c1-32(2,3)42-31(40)29(21-13-7-6-8-14-21)34-30(39)26-19-23-22-15-11-12-16-24(22)33-25(23)20-36(26)28(38)18-10-5-4-9-17-27(37)35-41/h6-8,11-16,26,29,33,41H,4-5,9-10,17-20H2,1-3H3,(H,34,39)(H,35,37)/t26?,29-/m0/s1. The van der Waals surface area contributed by atoms with Crippen LogP contribution in [0.2, 0.25) is 0 Å². The number of nitrogens with one attached hydrogen (secondary N) is 3. The van der Waals surface area contributed by atoms with Crippen LogP contribution in [0.15, 0.2) is 54.6 Å². The Kier molecular flexibility index (Phi) is 10.0. The second-order valence-electron chi connectivity index (χ2n) is 11.7. The van der Waals surface area contributed by atoms with Crippen molar-refractivity contribution in [2.24, 2.45) is 0 Å². The number of aromatic amines is 1. The lowest BCUT2D eigenvalue weighted by atomic mass is 9.94. The molecule has 0 aliphatic carbocycles. The lowest BCUT2D eigenvalue weighted by Crippen LogP contribution is -2.54. The Bertz CT molecular complexity index is 1410. The summed E-state index contributed by atoms with van der Waals surface area (Å²) in [6, 6.07) is 15.0. The molecule has 0 saturated carbocycles. The van der Waals surface area contributed by atoms with Crippen LogP contribution in [-0.2, 0) is 36.9 Å². The van der Waals surface area contributed by atoms with Gasteiger partial charge >= 0.3 is 5.97 Å². The van der Waals surface area contributed by atoms with Crippen LogP contribution in [0.1, 0.15) is 82.2 Å². The molecule has 2 heterocycles. The van der Waals surface area contributed by atoms with E-state index in [1.165, 1.54) is 0 Å². The Balaban J connectivity index is 1.54. The number of aromatic nitrogens is 1. The van der Waals surface area contributed by atoms with Gasteiger partial charge in [0.25, 0.3) is 0 Å². The Morgan fingerprint density at radius 2 is 1.64 bits per heavy atom. The topological polar surface area (TPSA) is 141 Å². The van der Waals surface area contributed by atoms with Crippen molar-refractivity contribution < 1.29 is 29.1 Å². The number of H-pyrrole nitrogens is 1. The van der Waals surface area contributed by atoms with Crippen molar-refractivity contribution in [3.05, 3.63) is 71.4 Å². The quantitative estimate of drug-likeness (QED) is 0.115. The zero-order chi connectivity index (χ0) is 30.3. The Morgan fingerprint density at radius 1 is 0.976 bits per heavy atom. The van der Waals surface area contributed by atoms with Gasteiger partial charge in [0, 0.05) is 35.9 Å². The molecule has 1 aromatic heterocycles. The van der Waals surface area contributed by atoms with Crippen molar-refractivity contribution in [3.8, 4) is 0 Å². The average molecular weight is 577 g/mol. The van der Waals surface area contributed by atoms with E-state index in [9.17, 15) is 19.2 Å². The highest BCUT2D eigenvalue weighted by atomic mass is 16.6. The van der Waals surface area contributed by atoms with E-state index in [0.29, 0.717) is 24.8 Å². The third kappa shape index (κ3) is 7.76. The van der Waals surface area contributed by atoms with E-state index in [1.807, 2.05) is 30.3 Å². The molecule has 2 aromatic carbocycles. The Hall–Kier alpha value is -4.18. The van der Waals surface area contributed by atoms with Crippen LogP contribution < -0.4 is 10.8 Å². The number of esters is 1. The van der Waals surface area contributed by atoms with E-state index in [4.69, 9.17) is 9.94 Å². The van der Waals surface area contributed by atoms with Crippen LogP contribution in [0, 0.1) is 0 Å². The molecule has 10 nitrogen and oxygen atoms in total. The lowest BCUT2D eigenvalue weighted by molar-refractivity contribution is -0.159. The summed E-state index contributed by atoms with van der Waals surface area (Å²) in [5.41, 5.74) is 4.30. The number of amides is 3. The van der Waals surface area contributed by atoms with E-state index in [1.54, 1.807) is 55.4 Å². The highest BCUT2D eigenvalue weighted by Gasteiger charge is 2.38. The van der Waals surface area contributed by atoms with Crippen LogP contribution in [0.4, 0.5) is 0 Å².